The molecule has 0 radical (unpaired) electrons. The Bertz CT molecular complexity index is 637. The molecule has 4 nitrogen and oxygen atoms in total. The van der Waals surface area contributed by atoms with Crippen LogP contribution in [-0.4, -0.2) is 25.3 Å². The van der Waals surface area contributed by atoms with Crippen molar-refractivity contribution in [1.82, 2.24) is 0 Å². The molecule has 1 unspecified atom stereocenters. The van der Waals surface area contributed by atoms with Crippen molar-refractivity contribution < 1.29 is 19.0 Å². The molecule has 0 saturated heterocycles. The largest absolute Gasteiger partial charge is 0.494 e. The number of unbranched alkanes of at least 4 members (excludes halogenated alkanes) is 2. The van der Waals surface area contributed by atoms with Gasteiger partial charge >= 0.3 is 5.97 Å². The van der Waals surface area contributed by atoms with E-state index < -0.39 is 6.10 Å². The molecular formula is C22H28O4. The number of hydrogen-bond acceptors (Lipinski definition) is 4. The summed E-state index contributed by atoms with van der Waals surface area (Å²) in [5, 5.41) is 0. The van der Waals surface area contributed by atoms with Gasteiger partial charge in [0.15, 0.2) is 6.10 Å². The summed E-state index contributed by atoms with van der Waals surface area (Å²) in [6.07, 6.45) is 3.85. The minimum Gasteiger partial charge on any atom is -0.494 e. The monoisotopic (exact) mass is 356 g/mol. The van der Waals surface area contributed by atoms with Crippen LogP contribution >= 0.6 is 0 Å². The Balaban J connectivity index is 1.62. The predicted octanol–water partition coefficient (Wildman–Crippen LogP) is 4.81. The van der Waals surface area contributed by atoms with Crippen LogP contribution < -0.4 is 9.47 Å². The van der Waals surface area contributed by atoms with Gasteiger partial charge in [-0.2, -0.15) is 0 Å². The Hall–Kier alpha value is -2.49. The van der Waals surface area contributed by atoms with Crippen LogP contribution in [0.25, 0.3) is 0 Å². The zero-order chi connectivity index (χ0) is 18.6. The molecule has 0 fully saturated rings. The van der Waals surface area contributed by atoms with Gasteiger partial charge in [-0.1, -0.05) is 30.3 Å². The molecule has 1 atom stereocenters. The highest BCUT2D eigenvalue weighted by Gasteiger charge is 2.15. The summed E-state index contributed by atoms with van der Waals surface area (Å²) in [5.74, 6) is 1.08. The molecule has 0 aliphatic carbocycles. The van der Waals surface area contributed by atoms with Crippen molar-refractivity contribution >= 4 is 5.97 Å². The first-order valence-electron chi connectivity index (χ1n) is 9.29. The van der Waals surface area contributed by atoms with Gasteiger partial charge in [-0.3, -0.25) is 0 Å². The van der Waals surface area contributed by atoms with E-state index in [-0.39, 0.29) is 5.97 Å². The van der Waals surface area contributed by atoms with Crippen molar-refractivity contribution in [3.8, 4) is 11.5 Å². The summed E-state index contributed by atoms with van der Waals surface area (Å²) in [6.45, 7) is 4.51. The molecule has 0 saturated carbocycles. The molecule has 0 spiro atoms. The molecule has 0 bridgehead atoms. The van der Waals surface area contributed by atoms with Crippen LogP contribution in [0.5, 0.6) is 11.5 Å². The minimum absolute atomic E-state index is 0.352. The lowest BCUT2D eigenvalue weighted by Crippen LogP contribution is -2.25. The number of ether oxygens (including phenoxy) is 3. The van der Waals surface area contributed by atoms with Gasteiger partial charge in [-0.05, 0) is 69.4 Å². The number of aryl methyl sites for hydroxylation is 1. The molecule has 26 heavy (non-hydrogen) atoms. The maximum Gasteiger partial charge on any atom is 0.347 e. The van der Waals surface area contributed by atoms with E-state index >= 15 is 0 Å². The summed E-state index contributed by atoms with van der Waals surface area (Å²) in [7, 11) is 0. The molecule has 2 aromatic rings. The van der Waals surface area contributed by atoms with Gasteiger partial charge in [0.25, 0.3) is 0 Å². The second-order valence-corrected chi connectivity index (χ2v) is 6.13. The molecule has 0 amide bonds. The molecular weight excluding hydrogens is 328 g/mol. The zero-order valence-electron chi connectivity index (χ0n) is 15.6. The lowest BCUT2D eigenvalue weighted by Gasteiger charge is -2.13. The molecule has 0 aromatic heterocycles. The Morgan fingerprint density at radius 3 is 2.31 bits per heavy atom. The highest BCUT2D eigenvalue weighted by Crippen LogP contribution is 2.19. The molecule has 0 N–H and O–H groups in total. The van der Waals surface area contributed by atoms with Crippen LogP contribution in [0.2, 0.25) is 0 Å². The van der Waals surface area contributed by atoms with Crippen molar-refractivity contribution in [1.29, 1.82) is 0 Å². The SMILES string of the molecule is CCOC(=O)C(C)Oc1ccc(OCCCCCc2ccccc2)cc1. The number of carbonyl (C=O) groups excluding carboxylic acids is 1. The molecule has 0 aliphatic heterocycles. The van der Waals surface area contributed by atoms with E-state index in [1.807, 2.05) is 18.2 Å². The average molecular weight is 356 g/mol. The molecule has 4 heteroatoms. The van der Waals surface area contributed by atoms with E-state index in [0.717, 1.165) is 25.0 Å². The highest BCUT2D eigenvalue weighted by molar-refractivity contribution is 5.74. The summed E-state index contributed by atoms with van der Waals surface area (Å²) < 4.78 is 16.2. The molecule has 2 rings (SSSR count). The predicted molar refractivity (Wildman–Crippen MR) is 103 cm³/mol. The summed E-state index contributed by atoms with van der Waals surface area (Å²) in [4.78, 5) is 11.6. The number of benzene rings is 2. The highest BCUT2D eigenvalue weighted by atomic mass is 16.6. The van der Waals surface area contributed by atoms with E-state index in [1.165, 1.54) is 12.0 Å². The van der Waals surface area contributed by atoms with Crippen LogP contribution in [0.4, 0.5) is 0 Å². The maximum atomic E-state index is 11.6. The first-order chi connectivity index (χ1) is 12.7. The average Bonchev–Trinajstić information content (AvgIpc) is 2.67. The molecule has 2 aromatic carbocycles. The fourth-order valence-corrected chi connectivity index (χ4v) is 2.57. The smallest absolute Gasteiger partial charge is 0.347 e. The van der Waals surface area contributed by atoms with Crippen molar-refractivity contribution in [2.75, 3.05) is 13.2 Å². The van der Waals surface area contributed by atoms with Crippen molar-refractivity contribution in [2.24, 2.45) is 0 Å². The first kappa shape index (κ1) is 19.8. The van der Waals surface area contributed by atoms with E-state index in [9.17, 15) is 4.79 Å². The Labute approximate surface area is 156 Å². The van der Waals surface area contributed by atoms with Gasteiger partial charge < -0.3 is 14.2 Å². The summed E-state index contributed by atoms with van der Waals surface area (Å²) in [6, 6.07) is 17.9. The second kappa shape index (κ2) is 11.2. The maximum absolute atomic E-state index is 11.6. The van der Waals surface area contributed by atoms with Crippen LogP contribution in [0.3, 0.4) is 0 Å². The lowest BCUT2D eigenvalue weighted by atomic mass is 10.1. The molecule has 0 aliphatic rings. The standard InChI is InChI=1S/C22H28O4/c1-3-24-22(23)18(2)26-21-15-13-20(14-16-21)25-17-9-5-8-12-19-10-6-4-7-11-19/h4,6-7,10-11,13-16,18H,3,5,8-9,12,17H2,1-2H3. The number of carbonyl (C=O) groups is 1. The minimum atomic E-state index is -0.619. The summed E-state index contributed by atoms with van der Waals surface area (Å²) in [5.41, 5.74) is 1.39. The number of esters is 1. The normalized spacial score (nSPS) is 11.6. The van der Waals surface area contributed by atoms with Crippen molar-refractivity contribution in [3.05, 3.63) is 60.2 Å². The van der Waals surface area contributed by atoms with Crippen LogP contribution in [0.15, 0.2) is 54.6 Å². The van der Waals surface area contributed by atoms with Gasteiger partial charge in [0.05, 0.1) is 13.2 Å². The lowest BCUT2D eigenvalue weighted by molar-refractivity contribution is -0.150. The van der Waals surface area contributed by atoms with E-state index in [4.69, 9.17) is 14.2 Å². The van der Waals surface area contributed by atoms with E-state index in [0.29, 0.717) is 19.0 Å². The third kappa shape index (κ3) is 7.18. The number of hydrogen-bond donors (Lipinski definition) is 0. The number of rotatable bonds is 11. The summed E-state index contributed by atoms with van der Waals surface area (Å²) >= 11 is 0. The van der Waals surface area contributed by atoms with Crippen molar-refractivity contribution in [3.63, 3.8) is 0 Å². The van der Waals surface area contributed by atoms with Gasteiger partial charge in [-0.15, -0.1) is 0 Å². The quantitative estimate of drug-likeness (QED) is 0.428. The van der Waals surface area contributed by atoms with E-state index in [1.54, 1.807) is 26.0 Å². The van der Waals surface area contributed by atoms with E-state index in [2.05, 4.69) is 24.3 Å². The van der Waals surface area contributed by atoms with Gasteiger partial charge in [0, 0.05) is 0 Å². The topological polar surface area (TPSA) is 44.8 Å². The van der Waals surface area contributed by atoms with Gasteiger partial charge in [-0.25, -0.2) is 4.79 Å². The fraction of sp³-hybridized carbons (Fsp3) is 0.409. The third-order valence-corrected chi connectivity index (χ3v) is 3.98. The van der Waals surface area contributed by atoms with Crippen LogP contribution in [0, 0.1) is 0 Å². The van der Waals surface area contributed by atoms with Crippen LogP contribution in [-0.2, 0) is 16.0 Å². The molecule has 140 valence electrons. The fourth-order valence-electron chi connectivity index (χ4n) is 2.57. The van der Waals surface area contributed by atoms with Crippen LogP contribution in [0.1, 0.15) is 38.7 Å². The first-order valence-corrected chi connectivity index (χ1v) is 9.29. The molecule has 0 heterocycles. The van der Waals surface area contributed by atoms with Gasteiger partial charge in [0.2, 0.25) is 0 Å². The third-order valence-electron chi connectivity index (χ3n) is 3.98. The Morgan fingerprint density at radius 2 is 1.62 bits per heavy atom. The Kier molecular flexibility index (Phi) is 8.53. The second-order valence-electron chi connectivity index (χ2n) is 6.13. The zero-order valence-corrected chi connectivity index (χ0v) is 15.6. The van der Waals surface area contributed by atoms with Crippen molar-refractivity contribution in [2.45, 2.75) is 45.6 Å². The Morgan fingerprint density at radius 1 is 0.923 bits per heavy atom. The van der Waals surface area contributed by atoms with Gasteiger partial charge in [0.1, 0.15) is 11.5 Å².